The molecule has 2 aliphatic heterocycles. The van der Waals surface area contributed by atoms with Crippen molar-refractivity contribution in [3.63, 3.8) is 0 Å². The molecule has 0 fully saturated rings. The Balaban J connectivity index is 1.91. The van der Waals surface area contributed by atoms with Crippen LogP contribution in [0.3, 0.4) is 0 Å². The molecular formula is C10H14N2OS. The van der Waals surface area contributed by atoms with E-state index in [0.29, 0.717) is 17.9 Å². The van der Waals surface area contributed by atoms with Crippen molar-refractivity contribution < 1.29 is 4.74 Å². The lowest BCUT2D eigenvalue weighted by Crippen LogP contribution is -2.17. The van der Waals surface area contributed by atoms with Gasteiger partial charge in [0.2, 0.25) is 0 Å². The minimum Gasteiger partial charge on any atom is -0.465 e. The summed E-state index contributed by atoms with van der Waals surface area (Å²) in [5, 5.41) is 4.00. The van der Waals surface area contributed by atoms with Crippen LogP contribution >= 0.6 is 12.6 Å². The standard InChI is InChI=1S/C10H14N2OS/c1-8-4-9(5-11-8)2-3-12-6-10(14)13-7-12/h2-4,6,8,11,14H,5,7H2,1H3/b3-2+/t8-/m1/s1. The highest BCUT2D eigenvalue weighted by Crippen LogP contribution is 2.15. The van der Waals surface area contributed by atoms with Gasteiger partial charge in [0.15, 0.2) is 11.8 Å². The highest BCUT2D eigenvalue weighted by molar-refractivity contribution is 7.84. The molecule has 0 saturated carbocycles. The van der Waals surface area contributed by atoms with Crippen LogP contribution in [-0.2, 0) is 4.74 Å². The molecule has 0 saturated heterocycles. The second kappa shape index (κ2) is 4.11. The lowest BCUT2D eigenvalue weighted by atomic mass is 10.2. The van der Waals surface area contributed by atoms with Gasteiger partial charge >= 0.3 is 0 Å². The Morgan fingerprint density at radius 3 is 3.14 bits per heavy atom. The molecule has 2 heterocycles. The molecule has 3 nitrogen and oxygen atoms in total. The lowest BCUT2D eigenvalue weighted by Gasteiger charge is -2.05. The molecule has 2 aliphatic rings. The summed E-state index contributed by atoms with van der Waals surface area (Å²) < 4.78 is 5.17. The molecule has 2 rings (SSSR count). The van der Waals surface area contributed by atoms with E-state index in [1.807, 2.05) is 17.3 Å². The zero-order valence-corrected chi connectivity index (χ0v) is 9.00. The van der Waals surface area contributed by atoms with Crippen LogP contribution in [0.1, 0.15) is 6.92 Å². The Hall–Kier alpha value is -0.870. The first-order chi connectivity index (χ1) is 6.74. The van der Waals surface area contributed by atoms with E-state index in [0.717, 1.165) is 6.54 Å². The number of rotatable bonds is 2. The maximum atomic E-state index is 5.17. The van der Waals surface area contributed by atoms with Crippen LogP contribution in [0.4, 0.5) is 0 Å². The van der Waals surface area contributed by atoms with Gasteiger partial charge in [-0.2, -0.15) is 0 Å². The van der Waals surface area contributed by atoms with Gasteiger partial charge in [0.1, 0.15) is 0 Å². The van der Waals surface area contributed by atoms with E-state index < -0.39 is 0 Å². The summed E-state index contributed by atoms with van der Waals surface area (Å²) in [5.41, 5.74) is 1.32. The molecule has 0 unspecified atom stereocenters. The Kier molecular flexibility index (Phi) is 2.84. The summed E-state index contributed by atoms with van der Waals surface area (Å²) in [7, 11) is 0. The summed E-state index contributed by atoms with van der Waals surface area (Å²) >= 11 is 4.11. The van der Waals surface area contributed by atoms with E-state index in [9.17, 15) is 0 Å². The number of thiol groups is 1. The van der Waals surface area contributed by atoms with Gasteiger partial charge in [-0.25, -0.2) is 0 Å². The summed E-state index contributed by atoms with van der Waals surface area (Å²) in [6, 6.07) is 0.487. The molecule has 1 atom stereocenters. The van der Waals surface area contributed by atoms with Gasteiger partial charge in [-0.05, 0) is 18.6 Å². The van der Waals surface area contributed by atoms with Crippen LogP contribution in [0.15, 0.2) is 35.2 Å². The molecule has 1 N–H and O–H groups in total. The molecule has 0 bridgehead atoms. The molecule has 0 aliphatic carbocycles. The predicted molar refractivity (Wildman–Crippen MR) is 59.5 cm³/mol. The smallest absolute Gasteiger partial charge is 0.169 e. The summed E-state index contributed by atoms with van der Waals surface area (Å²) in [5.74, 6) is 0. The Morgan fingerprint density at radius 1 is 1.71 bits per heavy atom. The van der Waals surface area contributed by atoms with Gasteiger partial charge in [0, 0.05) is 18.8 Å². The van der Waals surface area contributed by atoms with E-state index in [4.69, 9.17) is 4.74 Å². The average Bonchev–Trinajstić information content (AvgIpc) is 2.72. The predicted octanol–water partition coefficient (Wildman–Crippen LogP) is 1.44. The molecule has 0 aromatic rings. The molecule has 0 spiro atoms. The monoisotopic (exact) mass is 210 g/mol. The van der Waals surface area contributed by atoms with Gasteiger partial charge in [-0.1, -0.05) is 6.08 Å². The third-order valence-corrected chi connectivity index (χ3v) is 2.45. The van der Waals surface area contributed by atoms with E-state index in [1.165, 1.54) is 5.57 Å². The Labute approximate surface area is 89.5 Å². The zero-order valence-electron chi connectivity index (χ0n) is 8.10. The molecule has 76 valence electrons. The molecule has 0 aromatic heterocycles. The van der Waals surface area contributed by atoms with Crippen molar-refractivity contribution in [2.75, 3.05) is 13.3 Å². The highest BCUT2D eigenvalue weighted by Gasteiger charge is 2.09. The summed E-state index contributed by atoms with van der Waals surface area (Å²) in [6.45, 7) is 3.65. The quantitative estimate of drug-likeness (QED) is 0.674. The number of nitrogens with zero attached hydrogens (tertiary/aromatic N) is 1. The third-order valence-electron chi connectivity index (χ3n) is 2.21. The second-order valence-electron chi connectivity index (χ2n) is 3.48. The van der Waals surface area contributed by atoms with Crippen molar-refractivity contribution in [3.8, 4) is 0 Å². The first-order valence-electron chi connectivity index (χ1n) is 4.65. The van der Waals surface area contributed by atoms with Crippen LogP contribution in [0, 0.1) is 0 Å². The number of nitrogens with one attached hydrogen (secondary N) is 1. The summed E-state index contributed by atoms with van der Waals surface area (Å²) in [6.07, 6.45) is 8.20. The minimum absolute atomic E-state index is 0.487. The SMILES string of the molecule is C[C@@H]1C=C(/C=C/N2C=C(S)OC2)CN1. The fraction of sp³-hybridized carbons (Fsp3) is 0.400. The summed E-state index contributed by atoms with van der Waals surface area (Å²) in [4.78, 5) is 1.96. The van der Waals surface area contributed by atoms with Crippen LogP contribution in [0.2, 0.25) is 0 Å². The normalized spacial score (nSPS) is 26.7. The maximum absolute atomic E-state index is 5.17. The van der Waals surface area contributed by atoms with Crippen LogP contribution < -0.4 is 5.32 Å². The molecular weight excluding hydrogens is 196 g/mol. The number of hydrogen-bond acceptors (Lipinski definition) is 4. The lowest BCUT2D eigenvalue weighted by molar-refractivity contribution is 0.197. The van der Waals surface area contributed by atoms with Gasteiger partial charge in [-0.15, -0.1) is 12.6 Å². The van der Waals surface area contributed by atoms with Gasteiger partial charge < -0.3 is 15.0 Å². The Bertz CT molecular complexity index is 309. The highest BCUT2D eigenvalue weighted by atomic mass is 32.1. The van der Waals surface area contributed by atoms with Crippen molar-refractivity contribution in [2.45, 2.75) is 13.0 Å². The van der Waals surface area contributed by atoms with Gasteiger partial charge in [0.05, 0.1) is 6.20 Å². The topological polar surface area (TPSA) is 24.5 Å². The molecule has 0 aromatic carbocycles. The Morgan fingerprint density at radius 2 is 2.57 bits per heavy atom. The van der Waals surface area contributed by atoms with Gasteiger partial charge in [0.25, 0.3) is 0 Å². The third kappa shape index (κ3) is 2.33. The average molecular weight is 210 g/mol. The van der Waals surface area contributed by atoms with E-state index in [1.54, 1.807) is 0 Å². The van der Waals surface area contributed by atoms with Crippen LogP contribution in [-0.4, -0.2) is 24.2 Å². The zero-order chi connectivity index (χ0) is 9.97. The fourth-order valence-corrected chi connectivity index (χ4v) is 1.67. The number of ether oxygens (including phenoxy) is 1. The van der Waals surface area contributed by atoms with Gasteiger partial charge in [-0.3, -0.25) is 0 Å². The van der Waals surface area contributed by atoms with Crippen molar-refractivity contribution in [3.05, 3.63) is 35.2 Å². The molecule has 14 heavy (non-hydrogen) atoms. The van der Waals surface area contributed by atoms with E-state index in [-0.39, 0.29) is 0 Å². The van der Waals surface area contributed by atoms with E-state index in [2.05, 4.69) is 37.0 Å². The maximum Gasteiger partial charge on any atom is 0.169 e. The molecule has 0 radical (unpaired) electrons. The first kappa shape index (κ1) is 9.68. The fourth-order valence-electron chi connectivity index (χ4n) is 1.47. The largest absolute Gasteiger partial charge is 0.465 e. The van der Waals surface area contributed by atoms with Crippen molar-refractivity contribution in [1.82, 2.24) is 10.2 Å². The van der Waals surface area contributed by atoms with Crippen molar-refractivity contribution >= 4 is 12.6 Å². The van der Waals surface area contributed by atoms with Crippen molar-refractivity contribution in [1.29, 1.82) is 0 Å². The van der Waals surface area contributed by atoms with E-state index >= 15 is 0 Å². The van der Waals surface area contributed by atoms with Crippen LogP contribution in [0.5, 0.6) is 0 Å². The second-order valence-corrected chi connectivity index (χ2v) is 3.92. The minimum atomic E-state index is 0.487. The molecule has 0 amide bonds. The molecule has 4 heteroatoms. The van der Waals surface area contributed by atoms with Crippen molar-refractivity contribution in [2.24, 2.45) is 0 Å². The first-order valence-corrected chi connectivity index (χ1v) is 5.10. The van der Waals surface area contributed by atoms with Crippen LogP contribution in [0.25, 0.3) is 0 Å². The number of hydrogen-bond donors (Lipinski definition) is 2.